The number of halogens is 1. The van der Waals surface area contributed by atoms with Crippen LogP contribution in [0, 0.1) is 10.1 Å². The maximum absolute atomic E-state index is 12.2. The molecule has 0 aliphatic heterocycles. The van der Waals surface area contributed by atoms with Gasteiger partial charge in [-0.2, -0.15) is 0 Å². The summed E-state index contributed by atoms with van der Waals surface area (Å²) in [6.07, 6.45) is 1.69. The van der Waals surface area contributed by atoms with E-state index in [4.69, 9.17) is 11.6 Å². The third-order valence-corrected chi connectivity index (χ3v) is 5.32. The van der Waals surface area contributed by atoms with E-state index in [1.54, 1.807) is 22.8 Å². The summed E-state index contributed by atoms with van der Waals surface area (Å²) in [5.41, 5.74) is 5.14. The van der Waals surface area contributed by atoms with Crippen molar-refractivity contribution < 1.29 is 14.5 Å². The lowest BCUT2D eigenvalue weighted by atomic mass is 10.2. The van der Waals surface area contributed by atoms with Gasteiger partial charge < -0.3 is 0 Å². The maximum atomic E-state index is 12.2. The number of thioether (sulfide) groups is 1. The molecule has 2 N–H and O–H groups in total. The highest BCUT2D eigenvalue weighted by Gasteiger charge is 2.16. The molecule has 0 atom stereocenters. The summed E-state index contributed by atoms with van der Waals surface area (Å²) in [4.78, 5) is 34.5. The minimum absolute atomic E-state index is 0.0467. The zero-order valence-corrected chi connectivity index (χ0v) is 18.1. The minimum atomic E-state index is -0.674. The molecule has 164 valence electrons. The van der Waals surface area contributed by atoms with Crippen LogP contribution < -0.4 is 10.9 Å². The van der Waals surface area contributed by atoms with Gasteiger partial charge in [0, 0.05) is 34.8 Å². The Balaban J connectivity index is 1.60. The first-order valence-corrected chi connectivity index (χ1v) is 10.5. The van der Waals surface area contributed by atoms with E-state index in [0.29, 0.717) is 22.5 Å². The number of hydrogen-bond acceptors (Lipinski definition) is 7. The van der Waals surface area contributed by atoms with E-state index in [-0.39, 0.29) is 17.0 Å². The second kappa shape index (κ2) is 10.6. The number of aromatic nitrogens is 3. The molecule has 0 aliphatic rings. The van der Waals surface area contributed by atoms with Crippen molar-refractivity contribution in [2.75, 3.05) is 5.75 Å². The second-order valence-electron chi connectivity index (χ2n) is 6.31. The number of nitrogens with one attached hydrogen (secondary N) is 2. The monoisotopic (exact) mass is 472 g/mol. The molecule has 0 bridgehead atoms. The number of nitro benzene ring substituents is 1. The molecule has 0 fully saturated rings. The molecule has 2 amide bonds. The molecular weight excluding hydrogens is 456 g/mol. The Morgan fingerprint density at radius 3 is 2.62 bits per heavy atom. The number of hydrogen-bond donors (Lipinski definition) is 2. The number of non-ortho nitro benzene ring substituents is 1. The average Bonchev–Trinajstić information content (AvgIpc) is 3.19. The first kappa shape index (κ1) is 23.0. The first-order valence-electron chi connectivity index (χ1n) is 9.15. The predicted molar refractivity (Wildman–Crippen MR) is 120 cm³/mol. The highest BCUT2D eigenvalue weighted by atomic mass is 35.5. The van der Waals surface area contributed by atoms with Crippen LogP contribution in [-0.4, -0.2) is 37.3 Å². The van der Waals surface area contributed by atoms with Crippen molar-refractivity contribution >= 4 is 40.9 Å². The molecule has 12 heteroatoms. The predicted octanol–water partition coefficient (Wildman–Crippen LogP) is 3.25. The van der Waals surface area contributed by atoms with Gasteiger partial charge in [0.2, 0.25) is 5.91 Å². The lowest BCUT2D eigenvalue weighted by Crippen LogP contribution is -2.42. The van der Waals surface area contributed by atoms with Crippen LogP contribution in [0.5, 0.6) is 0 Å². The number of carbonyl (C=O) groups excluding carboxylic acids is 2. The van der Waals surface area contributed by atoms with Crippen LogP contribution in [0.15, 0.2) is 66.3 Å². The minimum Gasteiger partial charge on any atom is -0.298 e. The topological polar surface area (TPSA) is 132 Å². The summed E-state index contributed by atoms with van der Waals surface area (Å²) in [6.45, 7) is 4.17. The number of benzene rings is 2. The highest BCUT2D eigenvalue weighted by molar-refractivity contribution is 7.99. The van der Waals surface area contributed by atoms with Crippen LogP contribution in [0.4, 0.5) is 5.69 Å². The first-order chi connectivity index (χ1) is 15.4. The van der Waals surface area contributed by atoms with Crippen molar-refractivity contribution in [3.63, 3.8) is 0 Å². The SMILES string of the molecule is C=CCn1c(SCC(=O)NNC(=O)c2cccc([N+](=O)[O-])c2)nnc1-c1ccc(Cl)cc1. The molecule has 1 aromatic heterocycles. The molecule has 10 nitrogen and oxygen atoms in total. The number of carbonyl (C=O) groups is 2. The van der Waals surface area contributed by atoms with Crippen molar-refractivity contribution in [3.05, 3.63) is 81.9 Å². The van der Waals surface area contributed by atoms with Gasteiger partial charge in [-0.25, -0.2) is 0 Å². The van der Waals surface area contributed by atoms with Crippen LogP contribution in [0.3, 0.4) is 0 Å². The molecule has 0 spiro atoms. The Kier molecular flexibility index (Phi) is 7.58. The van der Waals surface area contributed by atoms with E-state index in [1.165, 1.54) is 18.2 Å². The standard InChI is InChI=1S/C20H17ClN6O4S/c1-2-10-26-18(13-6-8-15(21)9-7-13)23-25-20(26)32-12-17(28)22-24-19(29)14-4-3-5-16(11-14)27(30)31/h2-9,11H,1,10,12H2,(H,22,28)(H,24,29). The summed E-state index contributed by atoms with van der Waals surface area (Å²) >= 11 is 7.07. The van der Waals surface area contributed by atoms with Crippen LogP contribution in [0.1, 0.15) is 10.4 Å². The van der Waals surface area contributed by atoms with E-state index in [9.17, 15) is 19.7 Å². The van der Waals surface area contributed by atoms with E-state index >= 15 is 0 Å². The van der Waals surface area contributed by atoms with Gasteiger partial charge in [-0.05, 0) is 30.3 Å². The Hall–Kier alpha value is -3.70. The van der Waals surface area contributed by atoms with Crippen LogP contribution in [0.2, 0.25) is 5.02 Å². The van der Waals surface area contributed by atoms with Gasteiger partial charge in [-0.15, -0.1) is 16.8 Å². The quantitative estimate of drug-likeness (QED) is 0.222. The normalized spacial score (nSPS) is 10.4. The number of nitrogens with zero attached hydrogens (tertiary/aromatic N) is 4. The van der Waals surface area contributed by atoms with Crippen molar-refractivity contribution in [2.45, 2.75) is 11.7 Å². The molecule has 3 rings (SSSR count). The fraction of sp³-hybridized carbons (Fsp3) is 0.100. The summed E-state index contributed by atoms with van der Waals surface area (Å²) in [5.74, 6) is -0.615. The highest BCUT2D eigenvalue weighted by Crippen LogP contribution is 2.25. The molecule has 0 saturated carbocycles. The number of amides is 2. The summed E-state index contributed by atoms with van der Waals surface area (Å²) in [6, 6.07) is 12.3. The van der Waals surface area contributed by atoms with E-state index < -0.39 is 16.7 Å². The van der Waals surface area contributed by atoms with Gasteiger partial charge in [0.1, 0.15) is 0 Å². The largest absolute Gasteiger partial charge is 0.298 e. The number of rotatable bonds is 8. The zero-order valence-electron chi connectivity index (χ0n) is 16.5. The molecule has 3 aromatic rings. The van der Waals surface area contributed by atoms with Gasteiger partial charge in [-0.3, -0.25) is 35.1 Å². The molecule has 0 saturated heterocycles. The fourth-order valence-corrected chi connectivity index (χ4v) is 3.50. The van der Waals surface area contributed by atoms with Gasteiger partial charge in [0.05, 0.1) is 10.7 Å². The Morgan fingerprint density at radius 1 is 1.19 bits per heavy atom. The molecule has 32 heavy (non-hydrogen) atoms. The van der Waals surface area contributed by atoms with E-state index in [0.717, 1.165) is 23.4 Å². The van der Waals surface area contributed by atoms with Crippen LogP contribution in [-0.2, 0) is 11.3 Å². The van der Waals surface area contributed by atoms with E-state index in [1.807, 2.05) is 12.1 Å². The van der Waals surface area contributed by atoms with Crippen LogP contribution in [0.25, 0.3) is 11.4 Å². The van der Waals surface area contributed by atoms with Crippen LogP contribution >= 0.6 is 23.4 Å². The van der Waals surface area contributed by atoms with E-state index in [2.05, 4.69) is 27.6 Å². The zero-order chi connectivity index (χ0) is 23.1. The third kappa shape index (κ3) is 5.71. The number of hydrazine groups is 1. The van der Waals surface area contributed by atoms with Gasteiger partial charge in [0.15, 0.2) is 11.0 Å². The summed E-state index contributed by atoms with van der Waals surface area (Å²) < 4.78 is 1.80. The Labute approximate surface area is 191 Å². The molecular formula is C20H17ClN6O4S. The van der Waals surface area contributed by atoms with Gasteiger partial charge in [-0.1, -0.05) is 35.5 Å². The summed E-state index contributed by atoms with van der Waals surface area (Å²) in [7, 11) is 0. The van der Waals surface area contributed by atoms with Crippen molar-refractivity contribution in [1.29, 1.82) is 0 Å². The molecule has 0 aliphatic carbocycles. The van der Waals surface area contributed by atoms with Gasteiger partial charge >= 0.3 is 0 Å². The third-order valence-electron chi connectivity index (χ3n) is 4.10. The molecule has 1 heterocycles. The lowest BCUT2D eigenvalue weighted by Gasteiger charge is -2.09. The number of nitro groups is 1. The average molecular weight is 473 g/mol. The Bertz CT molecular complexity index is 1170. The maximum Gasteiger partial charge on any atom is 0.270 e. The molecule has 0 unspecified atom stereocenters. The Morgan fingerprint density at radius 2 is 1.94 bits per heavy atom. The smallest absolute Gasteiger partial charge is 0.270 e. The fourth-order valence-electron chi connectivity index (χ4n) is 2.63. The van der Waals surface area contributed by atoms with Crippen molar-refractivity contribution in [2.24, 2.45) is 0 Å². The number of allylic oxidation sites excluding steroid dienone is 1. The summed E-state index contributed by atoms with van der Waals surface area (Å²) in [5, 5.41) is 20.2. The van der Waals surface area contributed by atoms with Crippen molar-refractivity contribution in [3.8, 4) is 11.4 Å². The second-order valence-corrected chi connectivity index (χ2v) is 7.69. The molecule has 2 aromatic carbocycles. The lowest BCUT2D eigenvalue weighted by molar-refractivity contribution is -0.384. The van der Waals surface area contributed by atoms with Crippen molar-refractivity contribution in [1.82, 2.24) is 25.6 Å². The van der Waals surface area contributed by atoms with Gasteiger partial charge in [0.25, 0.3) is 11.6 Å². The molecule has 0 radical (unpaired) electrons.